The van der Waals surface area contributed by atoms with Crippen molar-refractivity contribution in [2.45, 2.75) is 64.6 Å². The van der Waals surface area contributed by atoms with Crippen LogP contribution in [-0.2, 0) is 6.54 Å². The summed E-state index contributed by atoms with van der Waals surface area (Å²) in [6.45, 7) is 5.23. The first kappa shape index (κ1) is 15.7. The van der Waals surface area contributed by atoms with Crippen LogP contribution in [0.4, 0.5) is 5.69 Å². The van der Waals surface area contributed by atoms with Gasteiger partial charge in [-0.1, -0.05) is 44.7 Å². The molecule has 1 aromatic carbocycles. The average molecular weight is 295 g/mol. The normalized spacial score (nSPS) is 16.6. The number of rotatable bonds is 5. The molecule has 0 saturated heterocycles. The number of benzene rings is 1. The van der Waals surface area contributed by atoms with E-state index in [1.165, 1.54) is 43.4 Å². The number of hydrogen-bond acceptors (Lipinski definition) is 2. The lowest BCUT2D eigenvalue weighted by Gasteiger charge is -2.34. The van der Waals surface area contributed by atoms with Crippen LogP contribution in [0.2, 0.25) is 5.02 Å². The molecule has 0 unspecified atom stereocenters. The number of nitrogens with one attached hydrogen (secondary N) is 1. The van der Waals surface area contributed by atoms with Crippen LogP contribution < -0.4 is 10.2 Å². The van der Waals surface area contributed by atoms with Gasteiger partial charge in [-0.2, -0.15) is 0 Å². The van der Waals surface area contributed by atoms with E-state index in [1.54, 1.807) is 0 Å². The Balaban J connectivity index is 2.15. The van der Waals surface area contributed by atoms with Crippen LogP contribution in [0.1, 0.15) is 51.5 Å². The lowest BCUT2D eigenvalue weighted by Crippen LogP contribution is -2.34. The molecule has 1 aliphatic rings. The van der Waals surface area contributed by atoms with Crippen LogP contribution >= 0.6 is 11.6 Å². The number of hydrogen-bond donors (Lipinski definition) is 1. The van der Waals surface area contributed by atoms with E-state index in [4.69, 9.17) is 11.6 Å². The second-order valence-corrected chi connectivity index (χ2v) is 6.65. The summed E-state index contributed by atoms with van der Waals surface area (Å²) in [5.41, 5.74) is 2.63. The summed E-state index contributed by atoms with van der Waals surface area (Å²) in [7, 11) is 2.23. The van der Waals surface area contributed by atoms with Gasteiger partial charge in [-0.3, -0.25) is 0 Å². The zero-order valence-electron chi connectivity index (χ0n) is 13.0. The van der Waals surface area contributed by atoms with E-state index in [0.29, 0.717) is 12.1 Å². The predicted molar refractivity (Wildman–Crippen MR) is 88.7 cm³/mol. The summed E-state index contributed by atoms with van der Waals surface area (Å²) >= 11 is 6.18. The van der Waals surface area contributed by atoms with Gasteiger partial charge in [-0.05, 0) is 36.6 Å². The van der Waals surface area contributed by atoms with Gasteiger partial charge in [0.05, 0.1) is 0 Å². The first-order valence-corrected chi connectivity index (χ1v) is 8.20. The van der Waals surface area contributed by atoms with Gasteiger partial charge in [0.2, 0.25) is 0 Å². The minimum atomic E-state index is 0.488. The number of nitrogens with zero attached hydrogens (tertiary/aromatic N) is 1. The van der Waals surface area contributed by atoms with E-state index < -0.39 is 0 Å². The molecule has 3 heteroatoms. The molecular weight excluding hydrogens is 268 g/mol. The largest absolute Gasteiger partial charge is 0.371 e. The fourth-order valence-corrected chi connectivity index (χ4v) is 3.21. The van der Waals surface area contributed by atoms with Crippen LogP contribution in [0.5, 0.6) is 0 Å². The second-order valence-electron chi connectivity index (χ2n) is 6.21. The quantitative estimate of drug-likeness (QED) is 0.853. The van der Waals surface area contributed by atoms with Crippen LogP contribution in [0.3, 0.4) is 0 Å². The van der Waals surface area contributed by atoms with Gasteiger partial charge in [-0.25, -0.2) is 0 Å². The summed E-state index contributed by atoms with van der Waals surface area (Å²) in [6.07, 6.45) is 6.75. The van der Waals surface area contributed by atoms with E-state index >= 15 is 0 Å². The van der Waals surface area contributed by atoms with Gasteiger partial charge in [0.15, 0.2) is 0 Å². The minimum Gasteiger partial charge on any atom is -0.371 e. The minimum absolute atomic E-state index is 0.488. The van der Waals surface area contributed by atoms with Gasteiger partial charge in [0, 0.05) is 36.4 Å². The van der Waals surface area contributed by atoms with Gasteiger partial charge < -0.3 is 10.2 Å². The summed E-state index contributed by atoms with van der Waals surface area (Å²) in [4.78, 5) is 2.47. The van der Waals surface area contributed by atoms with Gasteiger partial charge >= 0.3 is 0 Å². The lowest BCUT2D eigenvalue weighted by molar-refractivity contribution is 0.427. The number of halogens is 1. The molecule has 1 fully saturated rings. The second kappa shape index (κ2) is 7.33. The summed E-state index contributed by atoms with van der Waals surface area (Å²) < 4.78 is 0. The maximum atomic E-state index is 6.18. The molecule has 0 spiro atoms. The molecule has 1 saturated carbocycles. The van der Waals surface area contributed by atoms with E-state index in [2.05, 4.69) is 43.2 Å². The zero-order valence-corrected chi connectivity index (χ0v) is 13.7. The van der Waals surface area contributed by atoms with Crippen molar-refractivity contribution in [2.24, 2.45) is 0 Å². The first-order chi connectivity index (χ1) is 9.58. The van der Waals surface area contributed by atoms with Crippen molar-refractivity contribution in [3.05, 3.63) is 28.8 Å². The fourth-order valence-electron chi connectivity index (χ4n) is 3.02. The molecular formula is C17H27ClN2. The zero-order chi connectivity index (χ0) is 14.5. The molecule has 2 nitrogen and oxygen atoms in total. The van der Waals surface area contributed by atoms with Crippen molar-refractivity contribution in [1.82, 2.24) is 5.32 Å². The highest BCUT2D eigenvalue weighted by atomic mass is 35.5. The molecule has 0 aliphatic heterocycles. The maximum Gasteiger partial charge on any atom is 0.0412 e. The van der Waals surface area contributed by atoms with Crippen molar-refractivity contribution in [3.8, 4) is 0 Å². The Hall–Kier alpha value is -0.730. The van der Waals surface area contributed by atoms with Gasteiger partial charge in [0.1, 0.15) is 0 Å². The Bertz CT molecular complexity index is 425. The molecule has 112 valence electrons. The highest BCUT2D eigenvalue weighted by Crippen LogP contribution is 2.30. The molecule has 0 amide bonds. The first-order valence-electron chi connectivity index (χ1n) is 7.82. The number of anilines is 1. The monoisotopic (exact) mass is 294 g/mol. The third kappa shape index (κ3) is 4.13. The topological polar surface area (TPSA) is 15.3 Å². The smallest absolute Gasteiger partial charge is 0.0412 e. The van der Waals surface area contributed by atoms with Crippen molar-refractivity contribution in [1.29, 1.82) is 0 Å². The van der Waals surface area contributed by atoms with E-state index in [1.807, 2.05) is 6.07 Å². The molecule has 0 atom stereocenters. The highest BCUT2D eigenvalue weighted by Gasteiger charge is 2.20. The van der Waals surface area contributed by atoms with Gasteiger partial charge in [0.25, 0.3) is 0 Å². The van der Waals surface area contributed by atoms with Crippen molar-refractivity contribution in [3.63, 3.8) is 0 Å². The maximum absolute atomic E-state index is 6.18. The average Bonchev–Trinajstić information content (AvgIpc) is 2.45. The van der Waals surface area contributed by atoms with E-state index in [-0.39, 0.29) is 0 Å². The van der Waals surface area contributed by atoms with E-state index in [9.17, 15) is 0 Å². The molecule has 0 heterocycles. The third-order valence-corrected chi connectivity index (χ3v) is 4.48. The SMILES string of the molecule is CC(C)NCc1cc(Cl)ccc1N(C)C1CCCCC1. The molecule has 0 bridgehead atoms. The molecule has 1 aliphatic carbocycles. The molecule has 0 aromatic heterocycles. The molecule has 20 heavy (non-hydrogen) atoms. The Morgan fingerprint density at radius 3 is 2.60 bits per heavy atom. The Morgan fingerprint density at radius 1 is 1.25 bits per heavy atom. The van der Waals surface area contributed by atoms with Crippen molar-refractivity contribution >= 4 is 17.3 Å². The Labute approximate surface area is 128 Å². The summed E-state index contributed by atoms with van der Waals surface area (Å²) in [5, 5.41) is 4.33. The molecule has 0 radical (unpaired) electrons. The van der Waals surface area contributed by atoms with Crippen LogP contribution in [0, 0.1) is 0 Å². The molecule has 1 N–H and O–H groups in total. The molecule has 1 aromatic rings. The van der Waals surface area contributed by atoms with Crippen LogP contribution in [-0.4, -0.2) is 19.1 Å². The summed E-state index contributed by atoms with van der Waals surface area (Å²) in [5.74, 6) is 0. The summed E-state index contributed by atoms with van der Waals surface area (Å²) in [6, 6.07) is 7.46. The molecule has 2 rings (SSSR count). The van der Waals surface area contributed by atoms with Crippen molar-refractivity contribution < 1.29 is 0 Å². The fraction of sp³-hybridized carbons (Fsp3) is 0.647. The Kier molecular flexibility index (Phi) is 5.74. The van der Waals surface area contributed by atoms with E-state index in [0.717, 1.165) is 11.6 Å². The third-order valence-electron chi connectivity index (χ3n) is 4.24. The highest BCUT2D eigenvalue weighted by molar-refractivity contribution is 6.30. The lowest BCUT2D eigenvalue weighted by atomic mass is 9.93. The van der Waals surface area contributed by atoms with Crippen LogP contribution in [0.15, 0.2) is 18.2 Å². The van der Waals surface area contributed by atoms with Gasteiger partial charge in [-0.15, -0.1) is 0 Å². The van der Waals surface area contributed by atoms with Crippen LogP contribution in [0.25, 0.3) is 0 Å². The predicted octanol–water partition coefficient (Wildman–Crippen LogP) is 4.61. The standard InChI is InChI=1S/C17H27ClN2/c1-13(2)19-12-14-11-15(18)9-10-17(14)20(3)16-7-5-4-6-8-16/h9-11,13,16,19H,4-8,12H2,1-3H3. The van der Waals surface area contributed by atoms with Crippen molar-refractivity contribution in [2.75, 3.05) is 11.9 Å². The Morgan fingerprint density at radius 2 is 1.95 bits per heavy atom.